The molecule has 0 saturated heterocycles. The molecule has 0 atom stereocenters. The highest BCUT2D eigenvalue weighted by molar-refractivity contribution is 6.22. The number of hydrogen-bond donors (Lipinski definition) is 0. The molecule has 0 saturated carbocycles. The van der Waals surface area contributed by atoms with Crippen LogP contribution in [-0.2, 0) is 5.41 Å². The van der Waals surface area contributed by atoms with Crippen molar-refractivity contribution in [2.45, 2.75) is 19.3 Å². The predicted molar refractivity (Wildman–Crippen MR) is 262 cm³/mol. The van der Waals surface area contributed by atoms with Crippen LogP contribution in [0.5, 0.6) is 0 Å². The van der Waals surface area contributed by atoms with Gasteiger partial charge in [0.2, 0.25) is 0 Å². The second-order valence-electron chi connectivity index (χ2n) is 17.4. The van der Waals surface area contributed by atoms with E-state index in [1.165, 1.54) is 76.9 Å². The minimum Gasteiger partial charge on any atom is -0.309 e. The number of para-hydroxylation sites is 2. The summed E-state index contributed by atoms with van der Waals surface area (Å²) in [6.07, 6.45) is 0. The first kappa shape index (κ1) is 35.7. The summed E-state index contributed by atoms with van der Waals surface area (Å²) in [5.41, 5.74) is 16.3. The van der Waals surface area contributed by atoms with Gasteiger partial charge < -0.3 is 4.57 Å². The van der Waals surface area contributed by atoms with Gasteiger partial charge in [0, 0.05) is 55.4 Å². The van der Waals surface area contributed by atoms with Gasteiger partial charge >= 0.3 is 0 Å². The van der Waals surface area contributed by atoms with Crippen molar-refractivity contribution in [3.8, 4) is 56.4 Å². The molecule has 63 heavy (non-hydrogen) atoms. The lowest BCUT2D eigenvalue weighted by Crippen LogP contribution is -2.15. The van der Waals surface area contributed by atoms with E-state index in [2.05, 4.69) is 217 Å². The van der Waals surface area contributed by atoms with Gasteiger partial charge in [-0.25, -0.2) is 9.97 Å². The minimum atomic E-state index is -0.0978. The molecule has 1 aliphatic rings. The average molecular weight is 805 g/mol. The van der Waals surface area contributed by atoms with E-state index in [1.54, 1.807) is 0 Å². The van der Waals surface area contributed by atoms with E-state index in [1.807, 2.05) is 12.1 Å². The molecule has 0 fully saturated rings. The molecule has 0 N–H and O–H groups in total. The van der Waals surface area contributed by atoms with Gasteiger partial charge in [-0.1, -0.05) is 172 Å². The first-order chi connectivity index (χ1) is 31.0. The van der Waals surface area contributed by atoms with Gasteiger partial charge in [-0.05, 0) is 81.1 Å². The van der Waals surface area contributed by atoms with Crippen LogP contribution in [0.1, 0.15) is 25.0 Å². The van der Waals surface area contributed by atoms with Crippen molar-refractivity contribution in [3.05, 3.63) is 217 Å². The van der Waals surface area contributed by atoms with Crippen LogP contribution in [0.15, 0.2) is 206 Å². The van der Waals surface area contributed by atoms with Crippen molar-refractivity contribution in [1.82, 2.24) is 19.1 Å². The van der Waals surface area contributed by atoms with Crippen molar-refractivity contribution in [2.75, 3.05) is 0 Å². The molecule has 0 radical (unpaired) electrons. The summed E-state index contributed by atoms with van der Waals surface area (Å²) < 4.78 is 4.84. The summed E-state index contributed by atoms with van der Waals surface area (Å²) in [6.45, 7) is 4.71. The Morgan fingerprint density at radius 3 is 1.81 bits per heavy atom. The Balaban J connectivity index is 1.09. The van der Waals surface area contributed by atoms with Gasteiger partial charge in [0.05, 0.1) is 27.8 Å². The molecule has 0 unspecified atom stereocenters. The maximum atomic E-state index is 5.41. The highest BCUT2D eigenvalue weighted by Crippen LogP contribution is 2.50. The molecule has 0 amide bonds. The predicted octanol–water partition coefficient (Wildman–Crippen LogP) is 15.1. The van der Waals surface area contributed by atoms with Crippen molar-refractivity contribution in [1.29, 1.82) is 0 Å². The van der Waals surface area contributed by atoms with Crippen LogP contribution in [0, 0.1) is 0 Å². The summed E-state index contributed by atoms with van der Waals surface area (Å²) in [6, 6.07) is 74.8. The van der Waals surface area contributed by atoms with Gasteiger partial charge in [-0.2, -0.15) is 0 Å². The quantitative estimate of drug-likeness (QED) is 0.174. The molecule has 4 nitrogen and oxygen atoms in total. The topological polar surface area (TPSA) is 35.6 Å². The normalized spacial score (nSPS) is 13.0. The van der Waals surface area contributed by atoms with Crippen LogP contribution in [-0.4, -0.2) is 19.1 Å². The maximum absolute atomic E-state index is 5.41. The van der Waals surface area contributed by atoms with Crippen molar-refractivity contribution in [3.63, 3.8) is 0 Å². The number of fused-ring (bicyclic) bond motifs is 10. The lowest BCUT2D eigenvalue weighted by atomic mass is 9.82. The van der Waals surface area contributed by atoms with Gasteiger partial charge in [-0.15, -0.1) is 0 Å². The smallest absolute Gasteiger partial charge is 0.162 e. The summed E-state index contributed by atoms with van der Waals surface area (Å²) in [7, 11) is 0. The monoisotopic (exact) mass is 804 g/mol. The van der Waals surface area contributed by atoms with Crippen LogP contribution in [0.4, 0.5) is 0 Å². The van der Waals surface area contributed by atoms with Gasteiger partial charge in [0.25, 0.3) is 0 Å². The minimum absolute atomic E-state index is 0.0978. The Morgan fingerprint density at radius 1 is 0.397 bits per heavy atom. The van der Waals surface area contributed by atoms with Gasteiger partial charge in [0.1, 0.15) is 5.82 Å². The van der Waals surface area contributed by atoms with Crippen molar-refractivity contribution >= 4 is 54.4 Å². The Labute approximate surface area is 365 Å². The fourth-order valence-corrected chi connectivity index (χ4v) is 10.6. The third kappa shape index (κ3) is 5.28. The lowest BCUT2D eigenvalue weighted by molar-refractivity contribution is 0.660. The van der Waals surface area contributed by atoms with E-state index in [9.17, 15) is 0 Å². The van der Waals surface area contributed by atoms with E-state index in [-0.39, 0.29) is 5.41 Å². The van der Waals surface area contributed by atoms with Crippen molar-refractivity contribution in [2.24, 2.45) is 0 Å². The molecular weight excluding hydrogens is 765 g/mol. The number of hydrogen-bond acceptors (Lipinski definition) is 2. The van der Waals surface area contributed by atoms with E-state index >= 15 is 0 Å². The number of aromatic nitrogens is 4. The zero-order valence-corrected chi connectivity index (χ0v) is 34.9. The molecule has 3 heterocycles. The van der Waals surface area contributed by atoms with Gasteiger partial charge in [0.15, 0.2) is 5.82 Å². The highest BCUT2D eigenvalue weighted by atomic mass is 15.1. The summed E-state index contributed by atoms with van der Waals surface area (Å²) in [5.74, 6) is 1.51. The third-order valence-electron chi connectivity index (χ3n) is 13.5. The molecule has 0 bridgehead atoms. The third-order valence-corrected chi connectivity index (χ3v) is 13.5. The zero-order valence-electron chi connectivity index (χ0n) is 34.9. The largest absolute Gasteiger partial charge is 0.309 e. The summed E-state index contributed by atoms with van der Waals surface area (Å²) in [4.78, 5) is 10.6. The van der Waals surface area contributed by atoms with Gasteiger partial charge in [-0.3, -0.25) is 4.57 Å². The SMILES string of the molecule is CC1(C)c2ccccc2-c2ccc(-n3c4ccccc4c4cc(-c5c6ccccc6cc6c7ccccc7n(-c7cc(-c8ccccc8)nc(-c8ccccc8)n7)c56)ccc43)cc21. The number of nitrogens with zero attached hydrogens (tertiary/aromatic N) is 4. The lowest BCUT2D eigenvalue weighted by Gasteiger charge is -2.22. The molecular formula is C59H40N4. The number of rotatable bonds is 5. The first-order valence-corrected chi connectivity index (χ1v) is 21.7. The van der Waals surface area contributed by atoms with E-state index in [0.717, 1.165) is 39.2 Å². The van der Waals surface area contributed by atoms with Crippen LogP contribution >= 0.6 is 0 Å². The molecule has 296 valence electrons. The molecule has 1 aliphatic carbocycles. The first-order valence-electron chi connectivity index (χ1n) is 21.7. The van der Waals surface area contributed by atoms with Crippen LogP contribution in [0.25, 0.3) is 111 Å². The highest BCUT2D eigenvalue weighted by Gasteiger charge is 2.35. The number of benzene rings is 9. The molecule has 9 aromatic carbocycles. The second kappa shape index (κ2) is 13.5. The Morgan fingerprint density at radius 2 is 1.02 bits per heavy atom. The fourth-order valence-electron chi connectivity index (χ4n) is 10.6. The summed E-state index contributed by atoms with van der Waals surface area (Å²) in [5, 5.41) is 7.20. The standard InChI is InChI=1S/C59H40N4/c1-59(2)49-26-14-11-23-43(49)44-31-30-41(35-50(44)59)62-52-27-15-12-24-45(52)47-34-40(29-32-54(47)62)56-42-22-10-9-21-39(42)33-48-46-25-13-16-28-53(46)63(57(48)56)55-36-51(37-17-5-3-6-18-37)60-58(61-55)38-19-7-4-8-20-38/h3-36H,1-2H3. The van der Waals surface area contributed by atoms with E-state index in [0.29, 0.717) is 5.82 Å². The Kier molecular flexibility index (Phi) is 7.62. The van der Waals surface area contributed by atoms with E-state index in [4.69, 9.17) is 9.97 Å². The van der Waals surface area contributed by atoms with E-state index < -0.39 is 0 Å². The fraction of sp³-hybridized carbons (Fsp3) is 0.0508. The Hall–Kier alpha value is -8.08. The van der Waals surface area contributed by atoms with Crippen LogP contribution in [0.3, 0.4) is 0 Å². The summed E-state index contributed by atoms with van der Waals surface area (Å²) >= 11 is 0. The van der Waals surface area contributed by atoms with Crippen molar-refractivity contribution < 1.29 is 0 Å². The molecule has 3 aromatic heterocycles. The van der Waals surface area contributed by atoms with Crippen LogP contribution < -0.4 is 0 Å². The maximum Gasteiger partial charge on any atom is 0.162 e. The zero-order chi connectivity index (χ0) is 41.8. The Bertz CT molecular complexity index is 3760. The molecule has 4 heteroatoms. The molecule has 0 spiro atoms. The average Bonchev–Trinajstić information content (AvgIpc) is 3.93. The van der Waals surface area contributed by atoms with Crippen LogP contribution in [0.2, 0.25) is 0 Å². The second-order valence-corrected chi connectivity index (χ2v) is 17.4. The molecule has 0 aliphatic heterocycles. The molecule has 13 rings (SSSR count). The molecule has 12 aromatic rings.